The van der Waals surface area contributed by atoms with Crippen LogP contribution in [-0.4, -0.2) is 140 Å². The van der Waals surface area contributed by atoms with E-state index in [2.05, 4.69) is 116 Å². The normalized spacial score (nSPS) is 23.8. The van der Waals surface area contributed by atoms with Gasteiger partial charge in [0, 0.05) is 6.42 Å². The van der Waals surface area contributed by atoms with Crippen LogP contribution in [0.5, 0.6) is 0 Å². The van der Waals surface area contributed by atoms with E-state index in [1.165, 1.54) is 122 Å². The Morgan fingerprint density at radius 1 is 0.420 bits per heavy atom. The van der Waals surface area contributed by atoms with Crippen molar-refractivity contribution in [1.29, 1.82) is 0 Å². The third-order valence-electron chi connectivity index (χ3n) is 16.8. The van der Waals surface area contributed by atoms with Crippen molar-refractivity contribution in [3.63, 3.8) is 0 Å². The van der Waals surface area contributed by atoms with Crippen molar-refractivity contribution in [2.75, 3.05) is 19.8 Å². The smallest absolute Gasteiger partial charge is 0.220 e. The summed E-state index contributed by atoms with van der Waals surface area (Å²) in [6, 6.07) is -0.845. The molecule has 0 aromatic carbocycles. The van der Waals surface area contributed by atoms with Crippen LogP contribution >= 0.6 is 0 Å². The molecule has 508 valence electrons. The van der Waals surface area contributed by atoms with Gasteiger partial charge in [0.15, 0.2) is 12.6 Å². The molecular formula is C74H129NO13. The first kappa shape index (κ1) is 81.0. The van der Waals surface area contributed by atoms with Crippen molar-refractivity contribution in [1.82, 2.24) is 5.32 Å². The summed E-state index contributed by atoms with van der Waals surface area (Å²) < 4.78 is 22.9. The minimum Gasteiger partial charge on any atom is -0.394 e. The van der Waals surface area contributed by atoms with Gasteiger partial charge in [-0.1, -0.05) is 284 Å². The molecule has 2 saturated heterocycles. The van der Waals surface area contributed by atoms with Gasteiger partial charge in [0.05, 0.1) is 32.0 Å². The lowest BCUT2D eigenvalue weighted by molar-refractivity contribution is -0.359. The quantitative estimate of drug-likeness (QED) is 0.0204. The molecule has 2 aliphatic rings. The molecule has 12 atom stereocenters. The third-order valence-corrected chi connectivity index (χ3v) is 16.8. The van der Waals surface area contributed by atoms with Gasteiger partial charge < -0.3 is 65.1 Å². The number of carbonyl (C=O) groups excluding carboxylic acids is 1. The largest absolute Gasteiger partial charge is 0.394 e. The Bertz CT molecular complexity index is 1850. The van der Waals surface area contributed by atoms with Gasteiger partial charge in [-0.3, -0.25) is 4.79 Å². The highest BCUT2D eigenvalue weighted by molar-refractivity contribution is 5.76. The Labute approximate surface area is 534 Å². The van der Waals surface area contributed by atoms with E-state index in [0.717, 1.165) is 116 Å². The highest BCUT2D eigenvalue weighted by Gasteiger charge is 2.51. The predicted molar refractivity (Wildman–Crippen MR) is 359 cm³/mol. The second-order valence-electron chi connectivity index (χ2n) is 24.6. The molecule has 2 aliphatic heterocycles. The summed E-state index contributed by atoms with van der Waals surface area (Å²) in [6.45, 7) is 2.76. The minimum absolute atomic E-state index is 0.222. The van der Waals surface area contributed by atoms with Gasteiger partial charge in [0.1, 0.15) is 48.8 Å². The number of aliphatic hydroxyl groups is 8. The average Bonchev–Trinajstić information content (AvgIpc) is 3.10. The number of hydrogen-bond acceptors (Lipinski definition) is 13. The van der Waals surface area contributed by atoms with Crippen LogP contribution < -0.4 is 5.32 Å². The molecule has 0 bridgehead atoms. The lowest BCUT2D eigenvalue weighted by Gasteiger charge is -2.46. The molecule has 0 radical (unpaired) electrons. The highest BCUT2D eigenvalue weighted by atomic mass is 16.7. The van der Waals surface area contributed by atoms with Gasteiger partial charge in [-0.05, 0) is 77.0 Å². The monoisotopic (exact) mass is 1240 g/mol. The van der Waals surface area contributed by atoms with Crippen molar-refractivity contribution in [2.24, 2.45) is 0 Å². The molecule has 0 spiro atoms. The van der Waals surface area contributed by atoms with E-state index >= 15 is 0 Å². The van der Waals surface area contributed by atoms with Gasteiger partial charge in [-0.25, -0.2) is 0 Å². The summed E-state index contributed by atoms with van der Waals surface area (Å²) >= 11 is 0. The first-order valence-corrected chi connectivity index (χ1v) is 35.5. The van der Waals surface area contributed by atoms with Gasteiger partial charge in [0.25, 0.3) is 0 Å². The molecular weight excluding hydrogens is 1110 g/mol. The third kappa shape index (κ3) is 41.4. The van der Waals surface area contributed by atoms with Crippen LogP contribution in [0.25, 0.3) is 0 Å². The summed E-state index contributed by atoms with van der Waals surface area (Å²) in [4.78, 5) is 13.4. The molecule has 2 rings (SSSR count). The van der Waals surface area contributed by atoms with Crippen LogP contribution in [0.15, 0.2) is 97.2 Å². The minimum atomic E-state index is -1.79. The summed E-state index contributed by atoms with van der Waals surface area (Å²) in [5.41, 5.74) is 0. The molecule has 88 heavy (non-hydrogen) atoms. The number of aliphatic hydroxyl groups excluding tert-OH is 8. The molecule has 2 heterocycles. The van der Waals surface area contributed by atoms with E-state index in [9.17, 15) is 45.6 Å². The Hall–Kier alpha value is -3.09. The number of amides is 1. The summed E-state index contributed by atoms with van der Waals surface area (Å²) in [5, 5.41) is 87.6. The second-order valence-corrected chi connectivity index (χ2v) is 24.6. The zero-order valence-corrected chi connectivity index (χ0v) is 55.2. The summed E-state index contributed by atoms with van der Waals surface area (Å²) in [6.07, 6.45) is 64.1. The molecule has 2 fully saturated rings. The maximum Gasteiger partial charge on any atom is 0.220 e. The van der Waals surface area contributed by atoms with E-state index in [1.54, 1.807) is 0 Å². The molecule has 9 N–H and O–H groups in total. The van der Waals surface area contributed by atoms with Crippen molar-refractivity contribution in [3.05, 3.63) is 97.2 Å². The fourth-order valence-corrected chi connectivity index (χ4v) is 11.2. The van der Waals surface area contributed by atoms with Crippen LogP contribution in [-0.2, 0) is 23.7 Å². The Kier molecular flexibility index (Phi) is 53.2. The average molecular weight is 1240 g/mol. The molecule has 0 saturated carbocycles. The zero-order chi connectivity index (χ0) is 63.8. The number of carbonyl (C=O) groups is 1. The molecule has 1 amide bonds. The number of allylic oxidation sites excluding steroid dienone is 16. The van der Waals surface area contributed by atoms with Gasteiger partial charge in [-0.2, -0.15) is 0 Å². The molecule has 0 aromatic heterocycles. The van der Waals surface area contributed by atoms with Crippen molar-refractivity contribution < 1.29 is 64.6 Å². The fourth-order valence-electron chi connectivity index (χ4n) is 11.2. The Morgan fingerprint density at radius 3 is 1.20 bits per heavy atom. The van der Waals surface area contributed by atoms with Crippen LogP contribution in [0.3, 0.4) is 0 Å². The van der Waals surface area contributed by atoms with E-state index in [0.29, 0.717) is 12.8 Å². The molecule has 14 heteroatoms. The van der Waals surface area contributed by atoms with Crippen molar-refractivity contribution in [2.45, 2.75) is 344 Å². The van der Waals surface area contributed by atoms with Gasteiger partial charge in [-0.15, -0.1) is 0 Å². The van der Waals surface area contributed by atoms with E-state index < -0.39 is 86.8 Å². The van der Waals surface area contributed by atoms with Crippen LogP contribution in [0, 0.1) is 0 Å². The fraction of sp³-hybridized carbons (Fsp3) is 0.770. The SMILES string of the molecule is CC/C=C\C/C=C\C/C=C\C/C=C\C/C=C\C/C=C\C/C=C\C/C=C\CCCCCCCCC(=O)NC(COC1OC(CO)C(OC2OC(CO)C(O)C(O)C2O)C(O)C1O)C(O)CCCCCCCCCCCCCCCCCCCCCCCCC. The number of rotatable bonds is 57. The van der Waals surface area contributed by atoms with E-state index in [-0.39, 0.29) is 18.9 Å². The predicted octanol–water partition coefficient (Wildman–Crippen LogP) is 14.6. The van der Waals surface area contributed by atoms with Crippen LogP contribution in [0.2, 0.25) is 0 Å². The number of nitrogens with one attached hydrogen (secondary N) is 1. The Balaban J connectivity index is 1.69. The van der Waals surface area contributed by atoms with Gasteiger partial charge >= 0.3 is 0 Å². The molecule has 0 aliphatic carbocycles. The summed E-state index contributed by atoms with van der Waals surface area (Å²) in [5.74, 6) is -0.222. The lowest BCUT2D eigenvalue weighted by Crippen LogP contribution is -2.65. The first-order chi connectivity index (χ1) is 43.1. The Morgan fingerprint density at radius 2 is 0.784 bits per heavy atom. The summed E-state index contributed by atoms with van der Waals surface area (Å²) in [7, 11) is 0. The van der Waals surface area contributed by atoms with Crippen LogP contribution in [0.4, 0.5) is 0 Å². The zero-order valence-electron chi connectivity index (χ0n) is 55.2. The van der Waals surface area contributed by atoms with Crippen molar-refractivity contribution in [3.8, 4) is 0 Å². The second kappa shape index (κ2) is 57.8. The number of unbranched alkanes of at least 4 members (excludes halogenated alkanes) is 28. The van der Waals surface area contributed by atoms with Crippen LogP contribution in [0.1, 0.15) is 271 Å². The number of hydrogen-bond donors (Lipinski definition) is 9. The first-order valence-electron chi connectivity index (χ1n) is 35.5. The molecule has 14 nitrogen and oxygen atoms in total. The lowest BCUT2D eigenvalue weighted by atomic mass is 9.97. The van der Waals surface area contributed by atoms with E-state index in [4.69, 9.17) is 18.9 Å². The standard InChI is InChI=1S/C74H129NO13/c1-3-5-7-9-11-13-15-17-19-21-23-25-27-28-29-30-31-32-33-34-36-38-40-42-44-46-48-50-52-54-56-58-66(79)75-62(61-85-73-71(84)69(82)72(65(60-77)87-73)88-74-70(83)68(81)67(80)64(59-76)86-74)63(78)57-55-53-51-49-47-45-43-41-39-37-35-26-24-22-20-18-16-14-12-10-8-6-4-2/h5,7,11,13,17,19,23,25,28-29,31-32,34,36,40,42,62-65,67-74,76-78,80-84H,3-4,6,8-10,12,14-16,18,20-22,24,26-27,30,33,35,37-39,41,43-61H2,1-2H3,(H,75,79)/b7-5-,13-11-,19-17-,25-23-,29-28-,32-31-,36-34-,42-40-. The molecule has 0 aromatic rings. The topological polar surface area (TPSA) is 228 Å². The van der Waals surface area contributed by atoms with Gasteiger partial charge in [0.2, 0.25) is 5.91 Å². The maximum absolute atomic E-state index is 13.4. The van der Waals surface area contributed by atoms with Crippen molar-refractivity contribution >= 4 is 5.91 Å². The molecule has 12 unspecified atom stereocenters. The van der Waals surface area contributed by atoms with E-state index in [1.807, 2.05) is 0 Å². The highest BCUT2D eigenvalue weighted by Crippen LogP contribution is 2.30. The maximum atomic E-state index is 13.4. The number of ether oxygens (including phenoxy) is 4.